The molecule has 2 aliphatic rings. The molecule has 5 nitrogen and oxygen atoms in total. The number of nitrogens with one attached hydrogen (secondary N) is 1. The second-order valence-electron chi connectivity index (χ2n) is 5.90. The number of thiophene rings is 1. The van der Waals surface area contributed by atoms with E-state index in [9.17, 15) is 9.59 Å². The quantitative estimate of drug-likeness (QED) is 0.912. The molecule has 0 radical (unpaired) electrons. The third-order valence-electron chi connectivity index (χ3n) is 4.33. The van der Waals surface area contributed by atoms with Gasteiger partial charge in [0.15, 0.2) is 0 Å². The van der Waals surface area contributed by atoms with Crippen LogP contribution in [0.2, 0.25) is 0 Å². The van der Waals surface area contributed by atoms with E-state index in [1.54, 1.807) is 13.1 Å². The van der Waals surface area contributed by atoms with Crippen LogP contribution in [0.4, 0.5) is 0 Å². The van der Waals surface area contributed by atoms with E-state index in [1.165, 1.54) is 22.7 Å². The summed E-state index contributed by atoms with van der Waals surface area (Å²) in [5.41, 5.74) is 0. The van der Waals surface area contributed by atoms with Gasteiger partial charge in [-0.15, -0.1) is 11.3 Å². The van der Waals surface area contributed by atoms with Crippen LogP contribution in [0.5, 0.6) is 0 Å². The highest BCUT2D eigenvalue weighted by molar-refractivity contribution is 7.12. The fourth-order valence-electron chi connectivity index (χ4n) is 3.13. The van der Waals surface area contributed by atoms with Gasteiger partial charge in [-0.25, -0.2) is 0 Å². The molecule has 1 aromatic heterocycles. The van der Waals surface area contributed by atoms with Crippen LogP contribution < -0.4 is 5.32 Å². The molecule has 3 rings (SSSR count). The van der Waals surface area contributed by atoms with E-state index in [-0.39, 0.29) is 18.4 Å². The van der Waals surface area contributed by atoms with E-state index >= 15 is 0 Å². The summed E-state index contributed by atoms with van der Waals surface area (Å²) in [5, 5.41) is 5.44. The first-order valence-electron chi connectivity index (χ1n) is 7.46. The number of nitrogens with zero attached hydrogens (tertiary/aromatic N) is 2. The second kappa shape index (κ2) is 6.15. The summed E-state index contributed by atoms with van der Waals surface area (Å²) in [6.07, 6.45) is 3.40. The molecule has 21 heavy (non-hydrogen) atoms. The van der Waals surface area contributed by atoms with Crippen molar-refractivity contribution in [2.75, 3.05) is 26.7 Å². The zero-order valence-electron chi connectivity index (χ0n) is 12.2. The molecule has 114 valence electrons. The van der Waals surface area contributed by atoms with Crippen molar-refractivity contribution in [3.05, 3.63) is 22.4 Å². The molecule has 2 saturated heterocycles. The SMILES string of the molecule is CN(CC(=O)N1CCC2CCC(C1)N2)C(=O)c1cccs1. The first-order valence-corrected chi connectivity index (χ1v) is 8.34. The van der Waals surface area contributed by atoms with Crippen molar-refractivity contribution in [1.82, 2.24) is 15.1 Å². The number of carbonyl (C=O) groups is 2. The highest BCUT2D eigenvalue weighted by atomic mass is 32.1. The molecule has 2 amide bonds. The molecule has 0 aliphatic carbocycles. The molecule has 6 heteroatoms. The van der Waals surface area contributed by atoms with Crippen LogP contribution in [0.25, 0.3) is 0 Å². The number of carbonyl (C=O) groups excluding carboxylic acids is 2. The molecule has 0 spiro atoms. The van der Waals surface area contributed by atoms with Crippen molar-refractivity contribution in [1.29, 1.82) is 0 Å². The third kappa shape index (κ3) is 3.27. The highest BCUT2D eigenvalue weighted by Gasteiger charge is 2.31. The molecule has 2 unspecified atom stereocenters. The van der Waals surface area contributed by atoms with E-state index in [1.807, 2.05) is 16.3 Å². The smallest absolute Gasteiger partial charge is 0.264 e. The Bertz CT molecular complexity index is 517. The molecule has 3 heterocycles. The molecule has 1 N–H and O–H groups in total. The average Bonchev–Trinajstić information content (AvgIpc) is 3.07. The van der Waals surface area contributed by atoms with Gasteiger partial charge in [-0.3, -0.25) is 9.59 Å². The molecule has 2 bridgehead atoms. The Kier molecular flexibility index (Phi) is 4.26. The van der Waals surface area contributed by atoms with Crippen LogP contribution in [0.3, 0.4) is 0 Å². The Morgan fingerprint density at radius 1 is 1.38 bits per heavy atom. The van der Waals surface area contributed by atoms with Crippen LogP contribution in [-0.4, -0.2) is 60.4 Å². The summed E-state index contributed by atoms with van der Waals surface area (Å²) in [4.78, 5) is 28.7. The predicted octanol–water partition coefficient (Wildman–Crippen LogP) is 1.17. The van der Waals surface area contributed by atoms with Crippen molar-refractivity contribution in [3.8, 4) is 0 Å². The number of rotatable bonds is 3. The van der Waals surface area contributed by atoms with Gasteiger partial charge >= 0.3 is 0 Å². The number of hydrogen-bond acceptors (Lipinski definition) is 4. The lowest BCUT2D eigenvalue weighted by Crippen LogP contribution is -2.44. The minimum absolute atomic E-state index is 0.0526. The van der Waals surface area contributed by atoms with Gasteiger partial charge < -0.3 is 15.1 Å². The standard InChI is InChI=1S/C15H21N3O2S/c1-17(15(20)13-3-2-8-21-13)10-14(19)18-7-6-11-4-5-12(9-18)16-11/h2-3,8,11-12,16H,4-7,9-10H2,1H3. The molecule has 0 saturated carbocycles. The Labute approximate surface area is 128 Å². The van der Waals surface area contributed by atoms with Gasteiger partial charge in [-0.2, -0.15) is 0 Å². The largest absolute Gasteiger partial charge is 0.340 e. The lowest BCUT2D eigenvalue weighted by molar-refractivity contribution is -0.131. The lowest BCUT2D eigenvalue weighted by atomic mass is 10.1. The van der Waals surface area contributed by atoms with Crippen LogP contribution in [0.15, 0.2) is 17.5 Å². The van der Waals surface area contributed by atoms with Gasteiger partial charge in [-0.05, 0) is 30.7 Å². The first-order chi connectivity index (χ1) is 10.1. The highest BCUT2D eigenvalue weighted by Crippen LogP contribution is 2.20. The van der Waals surface area contributed by atoms with Crippen LogP contribution >= 0.6 is 11.3 Å². The number of amides is 2. The van der Waals surface area contributed by atoms with E-state index < -0.39 is 0 Å². The number of hydrogen-bond donors (Lipinski definition) is 1. The Morgan fingerprint density at radius 3 is 2.95 bits per heavy atom. The lowest BCUT2D eigenvalue weighted by Gasteiger charge is -2.26. The monoisotopic (exact) mass is 307 g/mol. The molecule has 2 fully saturated rings. The van der Waals surface area contributed by atoms with Gasteiger partial charge in [0.05, 0.1) is 11.4 Å². The maximum atomic E-state index is 12.4. The van der Waals surface area contributed by atoms with Crippen molar-refractivity contribution >= 4 is 23.2 Å². The van der Waals surface area contributed by atoms with E-state index in [0.717, 1.165) is 25.9 Å². The van der Waals surface area contributed by atoms with Gasteiger partial charge in [0.1, 0.15) is 0 Å². The van der Waals surface area contributed by atoms with Gasteiger partial charge in [0.25, 0.3) is 5.91 Å². The van der Waals surface area contributed by atoms with Crippen molar-refractivity contribution in [2.24, 2.45) is 0 Å². The number of likely N-dealkylation sites (tertiary alicyclic amines) is 1. The van der Waals surface area contributed by atoms with Crippen LogP contribution in [-0.2, 0) is 4.79 Å². The molecule has 1 aromatic rings. The normalized spacial score (nSPS) is 24.7. The molecule has 2 atom stereocenters. The summed E-state index contributed by atoms with van der Waals surface area (Å²) in [7, 11) is 1.70. The Balaban J connectivity index is 1.57. The molecular weight excluding hydrogens is 286 g/mol. The summed E-state index contributed by atoms with van der Waals surface area (Å²) < 4.78 is 0. The molecular formula is C15H21N3O2S. The second-order valence-corrected chi connectivity index (χ2v) is 6.85. The van der Waals surface area contributed by atoms with Crippen LogP contribution in [0.1, 0.15) is 28.9 Å². The van der Waals surface area contributed by atoms with Crippen LogP contribution in [0, 0.1) is 0 Å². The van der Waals surface area contributed by atoms with Gasteiger partial charge in [0.2, 0.25) is 5.91 Å². The van der Waals surface area contributed by atoms with Gasteiger partial charge in [0, 0.05) is 32.2 Å². The molecule has 2 aliphatic heterocycles. The average molecular weight is 307 g/mol. The predicted molar refractivity (Wildman–Crippen MR) is 82.4 cm³/mol. The van der Waals surface area contributed by atoms with Crippen molar-refractivity contribution < 1.29 is 9.59 Å². The maximum absolute atomic E-state index is 12.4. The van der Waals surface area contributed by atoms with Crippen molar-refractivity contribution in [2.45, 2.75) is 31.3 Å². The minimum atomic E-state index is -0.0761. The van der Waals surface area contributed by atoms with Gasteiger partial charge in [-0.1, -0.05) is 6.07 Å². The summed E-state index contributed by atoms with van der Waals surface area (Å²) in [5.74, 6) is -0.0235. The molecule has 0 aromatic carbocycles. The zero-order chi connectivity index (χ0) is 14.8. The first kappa shape index (κ1) is 14.5. The Morgan fingerprint density at radius 2 is 2.19 bits per heavy atom. The topological polar surface area (TPSA) is 52.7 Å². The number of likely N-dealkylation sites (N-methyl/N-ethyl adjacent to an activating group) is 1. The number of fused-ring (bicyclic) bond motifs is 2. The van der Waals surface area contributed by atoms with E-state index in [0.29, 0.717) is 17.0 Å². The maximum Gasteiger partial charge on any atom is 0.264 e. The fourth-order valence-corrected chi connectivity index (χ4v) is 3.85. The summed E-state index contributed by atoms with van der Waals surface area (Å²) >= 11 is 1.41. The van der Waals surface area contributed by atoms with Crippen molar-refractivity contribution in [3.63, 3.8) is 0 Å². The minimum Gasteiger partial charge on any atom is -0.340 e. The zero-order valence-corrected chi connectivity index (χ0v) is 13.1. The summed E-state index contributed by atoms with van der Waals surface area (Å²) in [6.45, 7) is 1.73. The summed E-state index contributed by atoms with van der Waals surface area (Å²) in [6, 6.07) is 4.64. The Hall–Kier alpha value is -1.40. The van der Waals surface area contributed by atoms with E-state index in [2.05, 4.69) is 5.32 Å². The van der Waals surface area contributed by atoms with E-state index in [4.69, 9.17) is 0 Å². The fraction of sp³-hybridized carbons (Fsp3) is 0.600. The third-order valence-corrected chi connectivity index (χ3v) is 5.18.